The summed E-state index contributed by atoms with van der Waals surface area (Å²) in [6, 6.07) is 31.8. The van der Waals surface area contributed by atoms with Crippen LogP contribution < -0.4 is 15.0 Å². The Morgan fingerprint density at radius 1 is 0.878 bits per heavy atom. The van der Waals surface area contributed by atoms with E-state index >= 15 is 0 Å². The number of hydrogen-bond donors (Lipinski definition) is 1. The Morgan fingerprint density at radius 2 is 1.63 bits per heavy atom. The molecule has 2 fully saturated rings. The minimum absolute atomic E-state index is 0.0751. The van der Waals surface area contributed by atoms with Crippen LogP contribution in [-0.4, -0.2) is 20.8 Å². The number of benzene rings is 3. The fourth-order valence-electron chi connectivity index (χ4n) is 6.69. The van der Waals surface area contributed by atoms with Gasteiger partial charge in [-0.15, -0.1) is 0 Å². The van der Waals surface area contributed by atoms with Crippen molar-refractivity contribution in [1.82, 2.24) is 14.9 Å². The molecule has 1 saturated heterocycles. The third-order valence-corrected chi connectivity index (χ3v) is 8.93. The first-order chi connectivity index (χ1) is 20.1. The number of aryl methyl sites for hydroxylation is 1. The van der Waals surface area contributed by atoms with Gasteiger partial charge < -0.3 is 19.5 Å². The summed E-state index contributed by atoms with van der Waals surface area (Å²) >= 11 is 6.01. The fraction of sp³-hybridized carbons (Fsp3) is 0.257. The summed E-state index contributed by atoms with van der Waals surface area (Å²) in [6.07, 6.45) is 6.98. The van der Waals surface area contributed by atoms with Crippen molar-refractivity contribution in [1.29, 1.82) is 0 Å². The number of thiocarbonyl (C=S) groups is 1. The van der Waals surface area contributed by atoms with Gasteiger partial charge in [0.05, 0.1) is 29.6 Å². The van der Waals surface area contributed by atoms with Crippen LogP contribution in [0.3, 0.4) is 0 Å². The summed E-state index contributed by atoms with van der Waals surface area (Å²) < 4.78 is 8.64. The van der Waals surface area contributed by atoms with Gasteiger partial charge in [0.25, 0.3) is 0 Å². The van der Waals surface area contributed by atoms with E-state index in [2.05, 4.69) is 107 Å². The summed E-state index contributed by atoms with van der Waals surface area (Å²) in [7, 11) is 0. The zero-order valence-corrected chi connectivity index (χ0v) is 24.3. The van der Waals surface area contributed by atoms with Gasteiger partial charge in [0.1, 0.15) is 5.75 Å². The van der Waals surface area contributed by atoms with E-state index in [9.17, 15) is 0 Å². The Hall–Kier alpha value is -4.16. The number of nitrogens with zero attached hydrogens (tertiary/aromatic N) is 3. The van der Waals surface area contributed by atoms with E-state index in [4.69, 9.17) is 21.9 Å². The van der Waals surface area contributed by atoms with Gasteiger partial charge >= 0.3 is 0 Å². The van der Waals surface area contributed by atoms with Crippen LogP contribution >= 0.6 is 12.2 Å². The SMILES string of the molecule is Cc1cc([C@@H]2[C@@H](c3ccccn3)NC(=S)N2c2ccc(OC3CCCC3)cc2)c(C)n1-c1cccc2ccccc12. The maximum atomic E-state index is 6.26. The lowest BCUT2D eigenvalue weighted by Crippen LogP contribution is -2.29. The number of nitrogens with one attached hydrogen (secondary N) is 1. The average molecular weight is 559 g/mol. The van der Waals surface area contributed by atoms with Crippen LogP contribution in [0.15, 0.2) is 97.2 Å². The van der Waals surface area contributed by atoms with Crippen molar-refractivity contribution in [2.24, 2.45) is 0 Å². The van der Waals surface area contributed by atoms with Gasteiger partial charge in [-0.3, -0.25) is 4.98 Å². The summed E-state index contributed by atoms with van der Waals surface area (Å²) in [5.74, 6) is 0.922. The lowest BCUT2D eigenvalue weighted by atomic mass is 9.96. The fourth-order valence-corrected chi connectivity index (χ4v) is 7.04. The predicted octanol–water partition coefficient (Wildman–Crippen LogP) is 8.14. The molecule has 3 aromatic carbocycles. The van der Waals surface area contributed by atoms with Crippen LogP contribution in [0.4, 0.5) is 5.69 Å². The van der Waals surface area contributed by atoms with E-state index < -0.39 is 0 Å². The molecule has 3 heterocycles. The second-order valence-electron chi connectivity index (χ2n) is 11.2. The molecular formula is C35H34N4OS. The summed E-state index contributed by atoms with van der Waals surface area (Å²) in [6.45, 7) is 4.41. The van der Waals surface area contributed by atoms with Gasteiger partial charge in [-0.2, -0.15) is 0 Å². The normalized spacial score (nSPS) is 19.2. The Morgan fingerprint density at radius 3 is 2.41 bits per heavy atom. The van der Waals surface area contributed by atoms with Gasteiger partial charge in [-0.05, 0) is 111 Å². The quantitative estimate of drug-likeness (QED) is 0.213. The van der Waals surface area contributed by atoms with Crippen molar-refractivity contribution >= 4 is 33.8 Å². The summed E-state index contributed by atoms with van der Waals surface area (Å²) in [5, 5.41) is 6.79. The van der Waals surface area contributed by atoms with Crippen LogP contribution in [0.25, 0.3) is 16.5 Å². The molecule has 206 valence electrons. The molecule has 1 aliphatic heterocycles. The zero-order valence-electron chi connectivity index (χ0n) is 23.5. The number of fused-ring (bicyclic) bond motifs is 1. The van der Waals surface area contributed by atoms with Crippen LogP contribution in [0.2, 0.25) is 0 Å². The molecular weight excluding hydrogens is 524 g/mol. The summed E-state index contributed by atoms with van der Waals surface area (Å²) in [4.78, 5) is 7.01. The first-order valence-corrected chi connectivity index (χ1v) is 14.9. The largest absolute Gasteiger partial charge is 0.490 e. The van der Waals surface area contributed by atoms with Crippen LogP contribution in [0.5, 0.6) is 5.75 Å². The molecule has 1 N–H and O–H groups in total. The number of rotatable bonds is 6. The highest BCUT2D eigenvalue weighted by molar-refractivity contribution is 7.80. The standard InChI is InChI=1S/C35H34N4OS/c1-23-22-30(24(2)38(23)32-16-9-11-25-10-3-6-14-29(25)32)34-33(31-15-7-8-21-36-31)37-35(41)39(34)26-17-19-28(20-18-26)40-27-12-4-5-13-27/h3,6-11,14-22,27,33-34H,4-5,12-13H2,1-2H3,(H,37,41)/t33-,34-/m1/s1. The lowest BCUT2D eigenvalue weighted by molar-refractivity contribution is 0.210. The molecule has 0 radical (unpaired) electrons. The zero-order chi connectivity index (χ0) is 27.9. The smallest absolute Gasteiger partial charge is 0.174 e. The van der Waals surface area contributed by atoms with E-state index in [1.165, 1.54) is 46.3 Å². The van der Waals surface area contributed by atoms with E-state index in [-0.39, 0.29) is 12.1 Å². The number of hydrogen-bond acceptors (Lipinski definition) is 3. The van der Waals surface area contributed by atoms with Gasteiger partial charge in [0.2, 0.25) is 0 Å². The molecule has 1 saturated carbocycles. The Bertz CT molecular complexity index is 1700. The van der Waals surface area contributed by atoms with Gasteiger partial charge in [-0.1, -0.05) is 42.5 Å². The minimum Gasteiger partial charge on any atom is -0.490 e. The molecule has 2 aliphatic rings. The molecule has 0 amide bonds. The number of aromatic nitrogens is 2. The lowest BCUT2D eigenvalue weighted by Gasteiger charge is -2.28. The second kappa shape index (κ2) is 10.7. The average Bonchev–Trinajstić information content (AvgIpc) is 3.71. The molecule has 2 aromatic heterocycles. The third kappa shape index (κ3) is 4.66. The van der Waals surface area contributed by atoms with E-state index in [0.717, 1.165) is 30.0 Å². The maximum Gasteiger partial charge on any atom is 0.174 e. The van der Waals surface area contributed by atoms with Crippen molar-refractivity contribution in [3.63, 3.8) is 0 Å². The highest BCUT2D eigenvalue weighted by atomic mass is 32.1. The molecule has 5 aromatic rings. The predicted molar refractivity (Wildman–Crippen MR) is 170 cm³/mol. The Kier molecular flexibility index (Phi) is 6.71. The van der Waals surface area contributed by atoms with Crippen LogP contribution in [0, 0.1) is 13.8 Å². The molecule has 41 heavy (non-hydrogen) atoms. The van der Waals surface area contributed by atoms with E-state index in [1.54, 1.807) is 0 Å². The first kappa shape index (κ1) is 25.8. The summed E-state index contributed by atoms with van der Waals surface area (Å²) in [5.41, 5.74) is 6.81. The maximum absolute atomic E-state index is 6.26. The van der Waals surface area contributed by atoms with Crippen LogP contribution in [0.1, 0.15) is 60.4 Å². The number of anilines is 1. The highest BCUT2D eigenvalue weighted by Crippen LogP contribution is 2.44. The second-order valence-corrected chi connectivity index (χ2v) is 11.6. The van der Waals surface area contributed by atoms with Crippen LogP contribution in [-0.2, 0) is 0 Å². The molecule has 2 atom stereocenters. The highest BCUT2D eigenvalue weighted by Gasteiger charge is 2.42. The molecule has 6 heteroatoms. The van der Waals surface area contributed by atoms with Crippen molar-refractivity contribution in [2.45, 2.75) is 57.7 Å². The monoisotopic (exact) mass is 558 g/mol. The molecule has 0 spiro atoms. The van der Waals surface area contributed by atoms with Crippen molar-refractivity contribution in [3.05, 3.63) is 120 Å². The number of pyridine rings is 1. The number of ether oxygens (including phenoxy) is 1. The third-order valence-electron chi connectivity index (χ3n) is 8.61. The van der Waals surface area contributed by atoms with Crippen molar-refractivity contribution < 1.29 is 4.74 Å². The topological polar surface area (TPSA) is 42.3 Å². The Balaban J connectivity index is 1.32. The van der Waals surface area contributed by atoms with E-state index in [0.29, 0.717) is 11.2 Å². The molecule has 0 unspecified atom stereocenters. The van der Waals surface area contributed by atoms with Crippen molar-refractivity contribution in [3.8, 4) is 11.4 Å². The Labute approximate surface area is 246 Å². The van der Waals surface area contributed by atoms with Gasteiger partial charge in [0, 0.05) is 28.7 Å². The van der Waals surface area contributed by atoms with E-state index in [1.807, 2.05) is 18.3 Å². The first-order valence-electron chi connectivity index (χ1n) is 14.5. The molecule has 1 aliphatic carbocycles. The minimum atomic E-state index is -0.0976. The van der Waals surface area contributed by atoms with Crippen molar-refractivity contribution in [2.75, 3.05) is 4.90 Å². The van der Waals surface area contributed by atoms with Gasteiger partial charge in [-0.25, -0.2) is 0 Å². The molecule has 5 nitrogen and oxygen atoms in total. The molecule has 0 bridgehead atoms. The molecule has 7 rings (SSSR count). The van der Waals surface area contributed by atoms with Gasteiger partial charge in [0.15, 0.2) is 5.11 Å².